The van der Waals surface area contributed by atoms with Crippen LogP contribution in [0.1, 0.15) is 25.8 Å². The van der Waals surface area contributed by atoms with Crippen molar-refractivity contribution in [1.29, 1.82) is 0 Å². The van der Waals surface area contributed by atoms with Gasteiger partial charge in [0.25, 0.3) is 0 Å². The van der Waals surface area contributed by atoms with E-state index in [1.807, 2.05) is 0 Å². The minimum atomic E-state index is -0.613. The smallest absolute Gasteiger partial charge is 0.123 e. The summed E-state index contributed by atoms with van der Waals surface area (Å²) in [6.45, 7) is 6.60. The Morgan fingerprint density at radius 3 is 2.35 bits per heavy atom. The van der Waals surface area contributed by atoms with Gasteiger partial charge in [0.1, 0.15) is 24.3 Å². The van der Waals surface area contributed by atoms with E-state index in [2.05, 4.69) is 18.7 Å². The number of ether oxygens (including phenoxy) is 1. The van der Waals surface area contributed by atoms with Crippen LogP contribution in [0, 0.1) is 11.7 Å². The van der Waals surface area contributed by atoms with Crippen LogP contribution < -0.4 is 4.74 Å². The van der Waals surface area contributed by atoms with Crippen molar-refractivity contribution in [3.8, 4) is 5.75 Å². The minimum Gasteiger partial charge on any atom is -0.491 e. The fraction of sp³-hybridized carbons (Fsp3) is 0.429. The molecule has 0 spiro atoms. The van der Waals surface area contributed by atoms with Gasteiger partial charge in [-0.2, -0.15) is 0 Å². The first-order valence-corrected chi connectivity index (χ1v) is 9.33. The van der Waals surface area contributed by atoms with Crippen LogP contribution in [0.5, 0.6) is 5.75 Å². The summed E-state index contributed by atoms with van der Waals surface area (Å²) in [5, 5.41) is 11.0. The Balaban J connectivity index is 1.88. The third-order valence-corrected chi connectivity index (χ3v) is 4.32. The summed E-state index contributed by atoms with van der Waals surface area (Å²) >= 11 is 5.86. The first-order valence-electron chi connectivity index (χ1n) is 8.95. The monoisotopic (exact) mass is 379 g/mol. The molecule has 1 N–H and O–H groups in total. The summed E-state index contributed by atoms with van der Waals surface area (Å²) in [5.74, 6) is 1.02. The molecule has 0 aromatic heterocycles. The lowest BCUT2D eigenvalue weighted by Gasteiger charge is -2.26. The van der Waals surface area contributed by atoms with E-state index in [-0.39, 0.29) is 12.4 Å². The highest BCUT2D eigenvalue weighted by Crippen LogP contribution is 2.16. The summed E-state index contributed by atoms with van der Waals surface area (Å²) in [6.07, 6.45) is 0.421. The van der Waals surface area contributed by atoms with E-state index < -0.39 is 6.10 Å². The fourth-order valence-electron chi connectivity index (χ4n) is 2.60. The molecule has 0 fully saturated rings. The zero-order valence-corrected chi connectivity index (χ0v) is 16.1. The molecule has 0 aliphatic heterocycles. The molecule has 26 heavy (non-hydrogen) atoms. The van der Waals surface area contributed by atoms with Crippen LogP contribution in [-0.4, -0.2) is 35.8 Å². The van der Waals surface area contributed by atoms with Crippen molar-refractivity contribution in [3.63, 3.8) is 0 Å². The highest BCUT2D eigenvalue weighted by atomic mass is 35.5. The lowest BCUT2D eigenvalue weighted by Crippen LogP contribution is -2.36. The van der Waals surface area contributed by atoms with E-state index in [0.29, 0.717) is 29.8 Å². The largest absolute Gasteiger partial charge is 0.491 e. The van der Waals surface area contributed by atoms with Crippen LogP contribution in [-0.2, 0) is 6.54 Å². The molecule has 3 nitrogen and oxygen atoms in total. The summed E-state index contributed by atoms with van der Waals surface area (Å²) < 4.78 is 18.7. The van der Waals surface area contributed by atoms with Crippen LogP contribution in [0.4, 0.5) is 4.39 Å². The number of halogens is 2. The second-order valence-electron chi connectivity index (χ2n) is 6.96. The number of nitrogens with zero attached hydrogens (tertiary/aromatic N) is 1. The summed E-state index contributed by atoms with van der Waals surface area (Å²) in [4.78, 5) is 2.18. The van der Waals surface area contributed by atoms with Gasteiger partial charge in [0.05, 0.1) is 0 Å². The Morgan fingerprint density at radius 2 is 1.73 bits per heavy atom. The van der Waals surface area contributed by atoms with Gasteiger partial charge in [-0.15, -0.1) is 0 Å². The van der Waals surface area contributed by atoms with E-state index in [0.717, 1.165) is 18.5 Å². The molecule has 2 aromatic carbocycles. The van der Waals surface area contributed by atoms with E-state index in [1.54, 1.807) is 36.4 Å². The third-order valence-electron chi connectivity index (χ3n) is 4.07. The zero-order chi connectivity index (χ0) is 18.9. The maximum Gasteiger partial charge on any atom is 0.123 e. The molecule has 0 bridgehead atoms. The molecule has 0 heterocycles. The van der Waals surface area contributed by atoms with Gasteiger partial charge in [-0.1, -0.05) is 37.6 Å². The van der Waals surface area contributed by atoms with E-state index >= 15 is 0 Å². The Morgan fingerprint density at radius 1 is 1.08 bits per heavy atom. The summed E-state index contributed by atoms with van der Waals surface area (Å²) in [6, 6.07) is 13.6. The molecule has 5 heteroatoms. The highest BCUT2D eigenvalue weighted by Gasteiger charge is 2.14. The van der Waals surface area contributed by atoms with Gasteiger partial charge >= 0.3 is 0 Å². The second-order valence-corrected chi connectivity index (χ2v) is 7.40. The van der Waals surface area contributed by atoms with Crippen molar-refractivity contribution in [2.75, 3.05) is 19.7 Å². The number of benzene rings is 2. The number of hydrogen-bond donors (Lipinski definition) is 1. The second kappa shape index (κ2) is 10.5. The van der Waals surface area contributed by atoms with E-state index in [4.69, 9.17) is 16.3 Å². The number of aliphatic hydroxyl groups excluding tert-OH is 1. The summed E-state index contributed by atoms with van der Waals surface area (Å²) in [7, 11) is 0. The third kappa shape index (κ3) is 7.73. The van der Waals surface area contributed by atoms with E-state index in [1.165, 1.54) is 12.1 Å². The Kier molecular flexibility index (Phi) is 8.36. The van der Waals surface area contributed by atoms with Gasteiger partial charge in [-0.3, -0.25) is 4.90 Å². The molecule has 0 saturated carbocycles. The van der Waals surface area contributed by atoms with Gasteiger partial charge in [0, 0.05) is 18.1 Å². The standard InChI is InChI=1S/C21H27ClFNO2/c1-16(2)11-12-24(13-17-3-7-19(23)8-4-17)14-20(25)15-26-21-9-5-18(22)6-10-21/h3-10,16,20,25H,11-15H2,1-2H3/t20-/m0/s1. The topological polar surface area (TPSA) is 32.7 Å². The molecular weight excluding hydrogens is 353 g/mol. The van der Waals surface area contributed by atoms with Crippen molar-refractivity contribution < 1.29 is 14.2 Å². The molecule has 0 amide bonds. The SMILES string of the molecule is CC(C)CCN(Cc1ccc(F)cc1)C[C@H](O)COc1ccc(Cl)cc1. The van der Waals surface area contributed by atoms with Crippen LogP contribution in [0.15, 0.2) is 48.5 Å². The fourth-order valence-corrected chi connectivity index (χ4v) is 2.72. The molecule has 0 radical (unpaired) electrons. The molecule has 0 unspecified atom stereocenters. The van der Waals surface area contributed by atoms with Crippen molar-refractivity contribution in [3.05, 3.63) is 64.9 Å². The first-order chi connectivity index (χ1) is 12.4. The van der Waals surface area contributed by atoms with Crippen molar-refractivity contribution in [2.24, 2.45) is 5.92 Å². The van der Waals surface area contributed by atoms with Crippen molar-refractivity contribution >= 4 is 11.6 Å². The maximum atomic E-state index is 13.1. The maximum absolute atomic E-state index is 13.1. The number of rotatable bonds is 10. The summed E-state index contributed by atoms with van der Waals surface area (Å²) in [5.41, 5.74) is 1.03. The van der Waals surface area contributed by atoms with Crippen LogP contribution in [0.25, 0.3) is 0 Å². The van der Waals surface area contributed by atoms with Crippen LogP contribution >= 0.6 is 11.6 Å². The first kappa shape index (κ1) is 20.7. The molecule has 0 aliphatic carbocycles. The lowest BCUT2D eigenvalue weighted by atomic mass is 10.1. The Bertz CT molecular complexity index is 646. The Hall–Kier alpha value is -1.62. The molecule has 2 rings (SSSR count). The van der Waals surface area contributed by atoms with E-state index in [9.17, 15) is 9.50 Å². The lowest BCUT2D eigenvalue weighted by molar-refractivity contribution is 0.0639. The molecule has 1 atom stereocenters. The van der Waals surface area contributed by atoms with Gasteiger partial charge < -0.3 is 9.84 Å². The van der Waals surface area contributed by atoms with Gasteiger partial charge in [0.15, 0.2) is 0 Å². The normalized spacial score (nSPS) is 12.6. The average Bonchev–Trinajstić information content (AvgIpc) is 2.61. The van der Waals surface area contributed by atoms with Crippen LogP contribution in [0.2, 0.25) is 5.02 Å². The van der Waals surface area contributed by atoms with Gasteiger partial charge in [-0.05, 0) is 60.8 Å². The predicted molar refractivity (Wildman–Crippen MR) is 104 cm³/mol. The van der Waals surface area contributed by atoms with Crippen LogP contribution in [0.3, 0.4) is 0 Å². The van der Waals surface area contributed by atoms with Crippen molar-refractivity contribution in [2.45, 2.75) is 32.9 Å². The molecule has 142 valence electrons. The predicted octanol–water partition coefficient (Wildman–Crippen LogP) is 4.77. The van der Waals surface area contributed by atoms with Gasteiger partial charge in [-0.25, -0.2) is 4.39 Å². The van der Waals surface area contributed by atoms with Gasteiger partial charge in [0.2, 0.25) is 0 Å². The Labute approximate surface area is 160 Å². The quantitative estimate of drug-likeness (QED) is 0.645. The number of hydrogen-bond acceptors (Lipinski definition) is 3. The molecule has 2 aromatic rings. The minimum absolute atomic E-state index is 0.212. The highest BCUT2D eigenvalue weighted by molar-refractivity contribution is 6.30. The zero-order valence-electron chi connectivity index (χ0n) is 15.4. The molecule has 0 aliphatic rings. The number of aliphatic hydroxyl groups is 1. The average molecular weight is 380 g/mol. The molecule has 0 saturated heterocycles. The van der Waals surface area contributed by atoms with Crippen molar-refractivity contribution in [1.82, 2.24) is 4.90 Å². The molecular formula is C21H27ClFNO2.